The quantitative estimate of drug-likeness (QED) is 0.738. The van der Waals surface area contributed by atoms with Gasteiger partial charge in [-0.2, -0.15) is 4.98 Å². The minimum atomic E-state index is -0.217. The minimum absolute atomic E-state index is 0.217. The fraction of sp³-hybridized carbons (Fsp3) is 0.263. The third-order valence-electron chi connectivity index (χ3n) is 4.34. The largest absolute Gasteiger partial charge is 0.421 e. The maximum atomic E-state index is 12.5. The molecule has 2 aromatic carbocycles. The van der Waals surface area contributed by atoms with Gasteiger partial charge in [0, 0.05) is 30.2 Å². The normalized spacial score (nSPS) is 15.0. The molecule has 6 nitrogen and oxygen atoms in total. The number of amides is 1. The van der Waals surface area contributed by atoms with Crippen LogP contribution in [0, 0.1) is 0 Å². The second kappa shape index (κ2) is 7.35. The van der Waals surface area contributed by atoms with Crippen molar-refractivity contribution in [1.82, 2.24) is 10.3 Å². The summed E-state index contributed by atoms with van der Waals surface area (Å²) >= 11 is 6.22. The average Bonchev–Trinajstić information content (AvgIpc) is 2.89. The lowest BCUT2D eigenvalue weighted by Crippen LogP contribution is -2.27. The third-order valence-corrected chi connectivity index (χ3v) is 4.56. The molecule has 1 fully saturated rings. The Labute approximate surface area is 156 Å². The Balaban J connectivity index is 1.67. The Morgan fingerprint density at radius 2 is 2.04 bits per heavy atom. The number of anilines is 2. The zero-order valence-electron chi connectivity index (χ0n) is 14.2. The van der Waals surface area contributed by atoms with Gasteiger partial charge in [0.05, 0.1) is 5.69 Å². The molecule has 134 valence electrons. The van der Waals surface area contributed by atoms with Gasteiger partial charge in [-0.25, -0.2) is 0 Å². The van der Waals surface area contributed by atoms with Crippen LogP contribution in [-0.2, 0) is 0 Å². The molecule has 26 heavy (non-hydrogen) atoms. The van der Waals surface area contributed by atoms with Crippen molar-refractivity contribution in [3.63, 3.8) is 0 Å². The van der Waals surface area contributed by atoms with Crippen molar-refractivity contribution in [3.05, 3.63) is 53.1 Å². The number of halogens is 1. The predicted octanol–water partition coefficient (Wildman–Crippen LogP) is 3.53. The average molecular weight is 371 g/mol. The van der Waals surface area contributed by atoms with E-state index in [2.05, 4.69) is 20.5 Å². The van der Waals surface area contributed by atoms with Crippen LogP contribution in [0.2, 0.25) is 5.02 Å². The lowest BCUT2D eigenvalue weighted by atomic mass is 10.2. The number of oxazole rings is 1. The van der Waals surface area contributed by atoms with E-state index in [-0.39, 0.29) is 5.91 Å². The van der Waals surface area contributed by atoms with Gasteiger partial charge >= 0.3 is 0 Å². The molecule has 0 aliphatic carbocycles. The number of aromatic nitrogens is 1. The highest BCUT2D eigenvalue weighted by Crippen LogP contribution is 2.32. The zero-order valence-corrected chi connectivity index (χ0v) is 14.9. The van der Waals surface area contributed by atoms with Gasteiger partial charge in [-0.15, -0.1) is 0 Å². The van der Waals surface area contributed by atoms with Gasteiger partial charge in [0.15, 0.2) is 5.58 Å². The number of hydrogen-bond donors (Lipinski definition) is 2. The molecule has 1 aliphatic heterocycles. The lowest BCUT2D eigenvalue weighted by Gasteiger charge is -2.16. The second-order valence-corrected chi connectivity index (χ2v) is 6.65. The van der Waals surface area contributed by atoms with E-state index in [0.29, 0.717) is 33.4 Å². The van der Waals surface area contributed by atoms with E-state index in [0.717, 1.165) is 32.6 Å². The first kappa shape index (κ1) is 16.9. The molecule has 0 bridgehead atoms. The molecular formula is C19H19ClN4O2. The van der Waals surface area contributed by atoms with Crippen LogP contribution in [0.5, 0.6) is 0 Å². The van der Waals surface area contributed by atoms with Gasteiger partial charge in [0.25, 0.3) is 11.9 Å². The van der Waals surface area contributed by atoms with E-state index in [1.165, 1.54) is 0 Å². The summed E-state index contributed by atoms with van der Waals surface area (Å²) in [4.78, 5) is 19.2. The fourth-order valence-corrected chi connectivity index (χ4v) is 3.25. The van der Waals surface area contributed by atoms with Crippen molar-refractivity contribution in [2.24, 2.45) is 0 Å². The van der Waals surface area contributed by atoms with Crippen molar-refractivity contribution in [1.29, 1.82) is 0 Å². The first-order valence-electron chi connectivity index (χ1n) is 8.63. The SMILES string of the molecule is O=C(Nc1cc(Cl)cc2nc(N3CCCNCC3)oc12)c1ccccc1. The molecule has 2 N–H and O–H groups in total. The van der Waals surface area contributed by atoms with Crippen LogP contribution in [0.15, 0.2) is 46.9 Å². The van der Waals surface area contributed by atoms with Crippen molar-refractivity contribution in [2.45, 2.75) is 6.42 Å². The summed E-state index contributed by atoms with van der Waals surface area (Å²) in [5.74, 6) is -0.217. The Kier molecular flexibility index (Phi) is 4.77. The van der Waals surface area contributed by atoms with Gasteiger partial charge in [-0.1, -0.05) is 29.8 Å². The maximum Gasteiger partial charge on any atom is 0.298 e. The van der Waals surface area contributed by atoms with Gasteiger partial charge in [0.2, 0.25) is 0 Å². The Bertz CT molecular complexity index is 918. The Morgan fingerprint density at radius 1 is 1.19 bits per heavy atom. The molecule has 4 rings (SSSR count). The summed E-state index contributed by atoms with van der Waals surface area (Å²) < 4.78 is 6.00. The molecule has 0 unspecified atom stereocenters. The summed E-state index contributed by atoms with van der Waals surface area (Å²) in [6.45, 7) is 3.57. The highest BCUT2D eigenvalue weighted by molar-refractivity contribution is 6.32. The van der Waals surface area contributed by atoms with Crippen LogP contribution in [0.1, 0.15) is 16.8 Å². The monoisotopic (exact) mass is 370 g/mol. The molecule has 2 heterocycles. The standard InChI is InChI=1S/C19H19ClN4O2/c20-14-11-15(22-18(25)13-5-2-1-3-6-13)17-16(12-14)23-19(26-17)24-9-4-7-21-8-10-24/h1-3,5-6,11-12,21H,4,7-10H2,(H,22,25). The summed E-state index contributed by atoms with van der Waals surface area (Å²) in [5, 5.41) is 6.74. The number of carbonyl (C=O) groups excluding carboxylic acids is 1. The minimum Gasteiger partial charge on any atom is -0.421 e. The summed E-state index contributed by atoms with van der Waals surface area (Å²) in [6, 6.07) is 13.0. The van der Waals surface area contributed by atoms with Crippen LogP contribution >= 0.6 is 11.6 Å². The van der Waals surface area contributed by atoms with E-state index >= 15 is 0 Å². The van der Waals surface area contributed by atoms with Crippen LogP contribution < -0.4 is 15.5 Å². The molecule has 0 spiro atoms. The van der Waals surface area contributed by atoms with Crippen LogP contribution in [0.25, 0.3) is 11.1 Å². The first-order valence-corrected chi connectivity index (χ1v) is 9.01. The second-order valence-electron chi connectivity index (χ2n) is 6.21. The van der Waals surface area contributed by atoms with Crippen LogP contribution in [-0.4, -0.2) is 37.1 Å². The number of fused-ring (bicyclic) bond motifs is 1. The van der Waals surface area contributed by atoms with E-state index in [4.69, 9.17) is 16.0 Å². The molecule has 1 aliphatic rings. The van der Waals surface area contributed by atoms with Gasteiger partial charge < -0.3 is 20.0 Å². The third kappa shape index (κ3) is 3.52. The summed E-state index contributed by atoms with van der Waals surface area (Å²) in [6.07, 6.45) is 1.02. The van der Waals surface area contributed by atoms with Crippen molar-refractivity contribution in [2.75, 3.05) is 36.4 Å². The molecule has 1 aromatic heterocycles. The van der Waals surface area contributed by atoms with E-state index < -0.39 is 0 Å². The Morgan fingerprint density at radius 3 is 2.88 bits per heavy atom. The molecule has 0 atom stereocenters. The number of nitrogens with zero attached hydrogens (tertiary/aromatic N) is 2. The number of carbonyl (C=O) groups is 1. The van der Waals surface area contributed by atoms with E-state index in [1.807, 2.05) is 18.2 Å². The molecule has 0 radical (unpaired) electrons. The summed E-state index contributed by atoms with van der Waals surface area (Å²) in [7, 11) is 0. The number of rotatable bonds is 3. The number of hydrogen-bond acceptors (Lipinski definition) is 5. The zero-order chi connectivity index (χ0) is 17.9. The molecular weight excluding hydrogens is 352 g/mol. The van der Waals surface area contributed by atoms with Gasteiger partial charge in [-0.05, 0) is 37.2 Å². The van der Waals surface area contributed by atoms with Gasteiger partial charge in [-0.3, -0.25) is 4.79 Å². The van der Waals surface area contributed by atoms with Gasteiger partial charge in [0.1, 0.15) is 5.52 Å². The molecule has 3 aromatic rings. The summed E-state index contributed by atoms with van der Waals surface area (Å²) in [5.41, 5.74) is 2.26. The topological polar surface area (TPSA) is 70.4 Å². The van der Waals surface area contributed by atoms with Crippen molar-refractivity contribution in [3.8, 4) is 0 Å². The van der Waals surface area contributed by atoms with E-state index in [9.17, 15) is 4.79 Å². The lowest BCUT2D eigenvalue weighted by molar-refractivity contribution is 0.102. The molecule has 1 saturated heterocycles. The van der Waals surface area contributed by atoms with Crippen molar-refractivity contribution >= 4 is 40.3 Å². The predicted molar refractivity (Wildman–Crippen MR) is 103 cm³/mol. The highest BCUT2D eigenvalue weighted by Gasteiger charge is 2.19. The molecule has 0 saturated carbocycles. The Hall–Kier alpha value is -2.57. The smallest absolute Gasteiger partial charge is 0.298 e. The van der Waals surface area contributed by atoms with Crippen LogP contribution in [0.4, 0.5) is 11.7 Å². The molecule has 1 amide bonds. The highest BCUT2D eigenvalue weighted by atomic mass is 35.5. The fourth-order valence-electron chi connectivity index (χ4n) is 3.04. The number of nitrogens with one attached hydrogen (secondary N) is 2. The van der Waals surface area contributed by atoms with Crippen molar-refractivity contribution < 1.29 is 9.21 Å². The number of benzene rings is 2. The van der Waals surface area contributed by atoms with Crippen LogP contribution in [0.3, 0.4) is 0 Å². The first-order chi connectivity index (χ1) is 12.7. The van der Waals surface area contributed by atoms with E-state index in [1.54, 1.807) is 24.3 Å². The molecule has 7 heteroatoms. The maximum absolute atomic E-state index is 12.5.